The summed E-state index contributed by atoms with van der Waals surface area (Å²) in [6.45, 7) is 9.73. The highest BCUT2D eigenvalue weighted by atomic mass is 32.2. The molecule has 108 valence electrons. The van der Waals surface area contributed by atoms with E-state index >= 15 is 0 Å². The lowest BCUT2D eigenvalue weighted by Crippen LogP contribution is -2.25. The number of rotatable bonds is 8. The van der Waals surface area contributed by atoms with Crippen LogP contribution in [0.15, 0.2) is 12.1 Å². The number of hydrogen-bond acceptors (Lipinski definition) is 3. The third kappa shape index (κ3) is 4.43. The molecule has 0 bridgehead atoms. The number of aryl methyl sites for hydroxylation is 1. The molecule has 19 heavy (non-hydrogen) atoms. The zero-order chi connectivity index (χ0) is 14.3. The van der Waals surface area contributed by atoms with E-state index in [9.17, 15) is 0 Å². The van der Waals surface area contributed by atoms with Gasteiger partial charge >= 0.3 is 0 Å². The zero-order valence-corrected chi connectivity index (χ0v) is 13.7. The van der Waals surface area contributed by atoms with Crippen LogP contribution in [0.1, 0.15) is 43.0 Å². The van der Waals surface area contributed by atoms with Gasteiger partial charge in [-0.05, 0) is 43.7 Å². The molecule has 0 aliphatic carbocycles. The lowest BCUT2D eigenvalue weighted by Gasteiger charge is -2.22. The van der Waals surface area contributed by atoms with Crippen LogP contribution in [0, 0.1) is 13.8 Å². The average Bonchev–Trinajstić information content (AvgIpc) is 2.42. The normalized spacial score (nSPS) is 12.5. The average molecular weight is 281 g/mol. The molecular weight excluding hydrogens is 254 g/mol. The van der Waals surface area contributed by atoms with E-state index in [0.717, 1.165) is 30.2 Å². The minimum Gasteiger partial charge on any atom is -0.496 e. The van der Waals surface area contributed by atoms with Crippen LogP contribution in [0.3, 0.4) is 0 Å². The fraction of sp³-hybridized carbons (Fsp3) is 0.625. The first kappa shape index (κ1) is 16.4. The number of ether oxygens (including phenoxy) is 1. The molecule has 0 aromatic heterocycles. The molecule has 0 saturated heterocycles. The number of thioether (sulfide) groups is 1. The van der Waals surface area contributed by atoms with E-state index in [2.05, 4.69) is 45.1 Å². The highest BCUT2D eigenvalue weighted by Gasteiger charge is 2.17. The first-order valence-corrected chi connectivity index (χ1v) is 8.26. The zero-order valence-electron chi connectivity index (χ0n) is 12.9. The molecule has 0 radical (unpaired) electrons. The van der Waals surface area contributed by atoms with Crippen molar-refractivity contribution < 1.29 is 4.74 Å². The van der Waals surface area contributed by atoms with Gasteiger partial charge in [0.25, 0.3) is 0 Å². The van der Waals surface area contributed by atoms with Gasteiger partial charge in [0, 0.05) is 17.4 Å². The van der Waals surface area contributed by atoms with Gasteiger partial charge in [-0.2, -0.15) is 11.8 Å². The number of nitrogens with one attached hydrogen (secondary N) is 1. The minimum atomic E-state index is 0.374. The summed E-state index contributed by atoms with van der Waals surface area (Å²) in [5, 5.41) is 3.64. The molecule has 1 atom stereocenters. The van der Waals surface area contributed by atoms with Gasteiger partial charge in [0.1, 0.15) is 5.75 Å². The maximum absolute atomic E-state index is 5.65. The predicted octanol–water partition coefficient (Wildman–Crippen LogP) is 4.11. The van der Waals surface area contributed by atoms with Gasteiger partial charge in [-0.1, -0.05) is 26.0 Å². The Balaban J connectivity index is 3.02. The SMILES string of the molecule is CCCNC(CSCC)c1ccc(C)c(C)c1OC. The lowest BCUT2D eigenvalue weighted by molar-refractivity contribution is 0.398. The summed E-state index contributed by atoms with van der Waals surface area (Å²) in [6.07, 6.45) is 1.15. The summed E-state index contributed by atoms with van der Waals surface area (Å²) in [5.74, 6) is 3.29. The van der Waals surface area contributed by atoms with Crippen LogP contribution in [0.25, 0.3) is 0 Å². The molecule has 1 aromatic carbocycles. The molecule has 0 saturated carbocycles. The van der Waals surface area contributed by atoms with E-state index in [-0.39, 0.29) is 0 Å². The van der Waals surface area contributed by atoms with Crippen molar-refractivity contribution in [1.82, 2.24) is 5.32 Å². The van der Waals surface area contributed by atoms with Crippen molar-refractivity contribution in [3.05, 3.63) is 28.8 Å². The molecule has 1 N–H and O–H groups in total. The quantitative estimate of drug-likeness (QED) is 0.775. The molecule has 1 unspecified atom stereocenters. The van der Waals surface area contributed by atoms with E-state index in [0.29, 0.717) is 6.04 Å². The molecule has 0 aliphatic rings. The fourth-order valence-corrected chi connectivity index (χ4v) is 2.94. The molecule has 1 rings (SSSR count). The Morgan fingerprint density at radius 1 is 1.26 bits per heavy atom. The van der Waals surface area contributed by atoms with Crippen LogP contribution < -0.4 is 10.1 Å². The van der Waals surface area contributed by atoms with Crippen LogP contribution in [0.2, 0.25) is 0 Å². The Morgan fingerprint density at radius 2 is 2.00 bits per heavy atom. The number of methoxy groups -OCH3 is 1. The Bertz CT molecular complexity index is 385. The van der Waals surface area contributed by atoms with E-state index in [1.165, 1.54) is 16.7 Å². The number of hydrogen-bond donors (Lipinski definition) is 1. The third-order valence-electron chi connectivity index (χ3n) is 3.42. The molecular formula is C16H27NOS. The topological polar surface area (TPSA) is 21.3 Å². The van der Waals surface area contributed by atoms with Crippen LogP contribution in [-0.4, -0.2) is 25.2 Å². The largest absolute Gasteiger partial charge is 0.496 e. The molecule has 3 heteroatoms. The van der Waals surface area contributed by atoms with E-state index < -0.39 is 0 Å². The number of benzene rings is 1. The van der Waals surface area contributed by atoms with Crippen LogP contribution in [0.5, 0.6) is 5.75 Å². The van der Waals surface area contributed by atoms with Crippen LogP contribution >= 0.6 is 11.8 Å². The van der Waals surface area contributed by atoms with Crippen molar-refractivity contribution in [1.29, 1.82) is 0 Å². The second kappa shape index (κ2) is 8.49. The van der Waals surface area contributed by atoms with Gasteiger partial charge in [0.2, 0.25) is 0 Å². The van der Waals surface area contributed by atoms with E-state index in [1.807, 2.05) is 11.8 Å². The molecule has 1 aromatic rings. The molecule has 0 heterocycles. The standard InChI is InChI=1S/C16H27NOS/c1-6-10-17-15(11-19-7-2)14-9-8-12(3)13(4)16(14)18-5/h8-9,15,17H,6-7,10-11H2,1-5H3. The molecule has 0 aliphatic heterocycles. The maximum Gasteiger partial charge on any atom is 0.126 e. The molecule has 0 amide bonds. The Hall–Kier alpha value is -0.670. The fourth-order valence-electron chi connectivity index (χ4n) is 2.17. The first-order chi connectivity index (χ1) is 9.15. The molecule has 0 fully saturated rings. The Labute approximate surface area is 122 Å². The van der Waals surface area contributed by atoms with Gasteiger partial charge in [-0.15, -0.1) is 0 Å². The van der Waals surface area contributed by atoms with Crippen molar-refractivity contribution in [3.63, 3.8) is 0 Å². The summed E-state index contributed by atoms with van der Waals surface area (Å²) in [7, 11) is 1.77. The van der Waals surface area contributed by atoms with Crippen molar-refractivity contribution in [2.45, 2.75) is 40.2 Å². The van der Waals surface area contributed by atoms with Gasteiger partial charge in [0.05, 0.1) is 7.11 Å². The highest BCUT2D eigenvalue weighted by molar-refractivity contribution is 7.99. The highest BCUT2D eigenvalue weighted by Crippen LogP contribution is 2.32. The van der Waals surface area contributed by atoms with Gasteiger partial charge in [0.15, 0.2) is 0 Å². The Morgan fingerprint density at radius 3 is 2.58 bits per heavy atom. The molecule has 2 nitrogen and oxygen atoms in total. The van der Waals surface area contributed by atoms with Crippen LogP contribution in [-0.2, 0) is 0 Å². The van der Waals surface area contributed by atoms with Crippen LogP contribution in [0.4, 0.5) is 0 Å². The van der Waals surface area contributed by atoms with Crippen molar-refractivity contribution in [2.24, 2.45) is 0 Å². The van der Waals surface area contributed by atoms with Gasteiger partial charge in [-0.25, -0.2) is 0 Å². The lowest BCUT2D eigenvalue weighted by atomic mass is 10.00. The smallest absolute Gasteiger partial charge is 0.126 e. The molecule has 0 spiro atoms. The predicted molar refractivity (Wildman–Crippen MR) is 86.5 cm³/mol. The van der Waals surface area contributed by atoms with E-state index in [1.54, 1.807) is 7.11 Å². The van der Waals surface area contributed by atoms with Crippen molar-refractivity contribution in [3.8, 4) is 5.75 Å². The summed E-state index contributed by atoms with van der Waals surface area (Å²) in [5.41, 5.74) is 3.84. The minimum absolute atomic E-state index is 0.374. The maximum atomic E-state index is 5.65. The first-order valence-electron chi connectivity index (χ1n) is 7.10. The summed E-state index contributed by atoms with van der Waals surface area (Å²) < 4.78 is 5.65. The summed E-state index contributed by atoms with van der Waals surface area (Å²) >= 11 is 1.97. The second-order valence-corrected chi connectivity index (χ2v) is 6.12. The third-order valence-corrected chi connectivity index (χ3v) is 4.39. The summed E-state index contributed by atoms with van der Waals surface area (Å²) in [4.78, 5) is 0. The van der Waals surface area contributed by atoms with Crippen molar-refractivity contribution in [2.75, 3.05) is 25.2 Å². The Kier molecular flexibility index (Phi) is 7.32. The van der Waals surface area contributed by atoms with Crippen molar-refractivity contribution >= 4 is 11.8 Å². The monoisotopic (exact) mass is 281 g/mol. The summed E-state index contributed by atoms with van der Waals surface area (Å²) in [6, 6.07) is 4.79. The van der Waals surface area contributed by atoms with Gasteiger partial charge < -0.3 is 10.1 Å². The van der Waals surface area contributed by atoms with E-state index in [4.69, 9.17) is 4.74 Å². The van der Waals surface area contributed by atoms with Gasteiger partial charge in [-0.3, -0.25) is 0 Å². The second-order valence-electron chi connectivity index (χ2n) is 4.80.